The molecule has 3 aromatic carbocycles. The van der Waals surface area contributed by atoms with Crippen LogP contribution in [0.3, 0.4) is 0 Å². The summed E-state index contributed by atoms with van der Waals surface area (Å²) in [5, 5.41) is 1.56. The van der Waals surface area contributed by atoms with Crippen LogP contribution in [0.1, 0.15) is 69.4 Å². The highest BCUT2D eigenvalue weighted by molar-refractivity contribution is 7.22. The maximum atomic E-state index is 13.3. The molecule has 2 heterocycles. The predicted octanol–water partition coefficient (Wildman–Crippen LogP) is 9.14. The first-order valence-electron chi connectivity index (χ1n) is 16.5. The smallest absolute Gasteiger partial charge is 0.314 e. The normalized spacial score (nSPS) is 16.1. The molecule has 0 spiro atoms. The number of carbonyl (C=O) groups excluding carboxylic acids is 3. The van der Waals surface area contributed by atoms with Crippen LogP contribution in [-0.2, 0) is 14.4 Å². The van der Waals surface area contributed by atoms with Crippen LogP contribution < -0.4 is 18.9 Å². The molecule has 0 atom stereocenters. The van der Waals surface area contributed by atoms with Crippen molar-refractivity contribution in [2.24, 2.45) is 11.8 Å². The third kappa shape index (κ3) is 7.54. The quantitative estimate of drug-likeness (QED) is 0.0524. The summed E-state index contributed by atoms with van der Waals surface area (Å²) in [5.74, 6) is 1.06. The van der Waals surface area contributed by atoms with Gasteiger partial charge < -0.3 is 23.4 Å². The summed E-state index contributed by atoms with van der Waals surface area (Å²) < 4.78 is 29.2. The second kappa shape index (κ2) is 15.0. The van der Waals surface area contributed by atoms with E-state index in [2.05, 4.69) is 13.0 Å². The highest BCUT2D eigenvalue weighted by atomic mass is 32.1. The van der Waals surface area contributed by atoms with Gasteiger partial charge in [-0.1, -0.05) is 32.3 Å². The minimum Gasteiger partial charge on any atom is -0.494 e. The van der Waals surface area contributed by atoms with Crippen molar-refractivity contribution in [3.8, 4) is 33.8 Å². The molecule has 0 saturated heterocycles. The summed E-state index contributed by atoms with van der Waals surface area (Å²) in [7, 11) is 0. The molecular formula is C38H39NO8S. The van der Waals surface area contributed by atoms with E-state index in [-0.39, 0.29) is 29.5 Å². The van der Waals surface area contributed by atoms with Crippen molar-refractivity contribution in [1.82, 2.24) is 4.98 Å². The van der Waals surface area contributed by atoms with Crippen molar-refractivity contribution in [3.63, 3.8) is 0 Å². The molecule has 2 aromatic heterocycles. The molecule has 0 amide bonds. The van der Waals surface area contributed by atoms with Gasteiger partial charge in [-0.2, -0.15) is 0 Å². The summed E-state index contributed by atoms with van der Waals surface area (Å²) in [4.78, 5) is 42.2. The molecular weight excluding hydrogens is 630 g/mol. The Morgan fingerprint density at radius 3 is 2.27 bits per heavy atom. The molecule has 9 nitrogen and oxygen atoms in total. The van der Waals surface area contributed by atoms with E-state index in [1.54, 1.807) is 24.3 Å². The lowest BCUT2D eigenvalue weighted by molar-refractivity contribution is -0.145. The maximum Gasteiger partial charge on any atom is 0.314 e. The van der Waals surface area contributed by atoms with Crippen LogP contribution in [0.5, 0.6) is 23.0 Å². The van der Waals surface area contributed by atoms with Gasteiger partial charge in [-0.25, -0.2) is 4.98 Å². The molecule has 0 unspecified atom stereocenters. The van der Waals surface area contributed by atoms with Crippen LogP contribution in [0, 0.1) is 25.7 Å². The molecule has 250 valence electrons. The average molecular weight is 670 g/mol. The number of ether oxygens (including phenoxy) is 4. The molecule has 1 saturated carbocycles. The zero-order valence-electron chi connectivity index (χ0n) is 27.4. The number of rotatable bonds is 13. The van der Waals surface area contributed by atoms with Gasteiger partial charge in [0.15, 0.2) is 22.3 Å². The fourth-order valence-corrected chi connectivity index (χ4v) is 7.15. The van der Waals surface area contributed by atoms with Gasteiger partial charge in [0.25, 0.3) is 6.47 Å². The number of hydrogen-bond donors (Lipinski definition) is 0. The van der Waals surface area contributed by atoms with Crippen LogP contribution in [-0.4, -0.2) is 30.0 Å². The summed E-state index contributed by atoms with van der Waals surface area (Å²) in [6.45, 7) is 7.24. The van der Waals surface area contributed by atoms with Crippen molar-refractivity contribution in [2.45, 2.75) is 72.1 Å². The van der Waals surface area contributed by atoms with E-state index in [1.165, 1.54) is 24.2 Å². The van der Waals surface area contributed by atoms with E-state index in [0.717, 1.165) is 40.7 Å². The maximum absolute atomic E-state index is 13.3. The van der Waals surface area contributed by atoms with Crippen molar-refractivity contribution < 1.29 is 37.7 Å². The summed E-state index contributed by atoms with van der Waals surface area (Å²) in [5.41, 5.74) is 3.35. The number of nitrogens with zero attached hydrogens (tertiary/aromatic N) is 1. The van der Waals surface area contributed by atoms with E-state index in [4.69, 9.17) is 28.3 Å². The molecule has 0 N–H and O–H groups in total. The third-order valence-electron chi connectivity index (χ3n) is 8.76. The predicted molar refractivity (Wildman–Crippen MR) is 184 cm³/mol. The van der Waals surface area contributed by atoms with Gasteiger partial charge in [-0.05, 0) is 106 Å². The summed E-state index contributed by atoms with van der Waals surface area (Å²) in [6, 6.07) is 16.3. The Hall–Kier alpha value is -4.70. The number of esters is 2. The van der Waals surface area contributed by atoms with Gasteiger partial charge in [-0.15, -0.1) is 11.3 Å². The number of aryl methyl sites for hydroxylation is 2. The minimum absolute atomic E-state index is 0.258. The third-order valence-corrected chi connectivity index (χ3v) is 9.84. The molecule has 0 bridgehead atoms. The highest BCUT2D eigenvalue weighted by Crippen LogP contribution is 2.43. The number of aromatic nitrogens is 1. The molecule has 6 rings (SSSR count). The van der Waals surface area contributed by atoms with Crippen molar-refractivity contribution in [1.29, 1.82) is 0 Å². The van der Waals surface area contributed by atoms with Crippen LogP contribution >= 0.6 is 11.3 Å². The van der Waals surface area contributed by atoms with Crippen LogP contribution in [0.15, 0.2) is 59.0 Å². The number of benzene rings is 3. The number of thiazole rings is 1. The number of carbonyl (C=O) groups is 3. The van der Waals surface area contributed by atoms with Crippen molar-refractivity contribution in [3.05, 3.63) is 65.7 Å². The Kier molecular flexibility index (Phi) is 10.4. The van der Waals surface area contributed by atoms with Crippen LogP contribution in [0.4, 0.5) is 0 Å². The molecule has 10 heteroatoms. The molecule has 0 radical (unpaired) electrons. The van der Waals surface area contributed by atoms with E-state index in [9.17, 15) is 14.4 Å². The standard InChI is InChI=1S/C38H39NO8S/c1-4-5-6-7-18-43-27-12-14-28(15-13-27)45-37(41)25-8-10-26(11-9-25)38(42)47-31-17-16-30(44-22-40)34-35(31)48-36(39-34)33-21-29-24(3)19-23(2)20-32(29)46-33/h12-17,19-22,25-26H,4-11,18H2,1-3H3. The Balaban J connectivity index is 1.08. The fraction of sp³-hybridized carbons (Fsp3) is 0.368. The minimum atomic E-state index is -0.373. The lowest BCUT2D eigenvalue weighted by Gasteiger charge is -2.25. The largest absolute Gasteiger partial charge is 0.494 e. The molecule has 1 aliphatic carbocycles. The second-order valence-electron chi connectivity index (χ2n) is 12.3. The SMILES string of the molecule is CCCCCCOc1ccc(OC(=O)C2CCC(C(=O)Oc3ccc(OC=O)c4nc(-c5cc6c(C)cc(C)cc6o5)sc34)CC2)cc1. The first-order valence-corrected chi connectivity index (χ1v) is 17.4. The van der Waals surface area contributed by atoms with Gasteiger partial charge in [0.2, 0.25) is 0 Å². The Morgan fingerprint density at radius 1 is 0.875 bits per heavy atom. The van der Waals surface area contributed by atoms with E-state index >= 15 is 0 Å². The van der Waals surface area contributed by atoms with E-state index < -0.39 is 0 Å². The number of hydrogen-bond acceptors (Lipinski definition) is 10. The fourth-order valence-electron chi connectivity index (χ4n) is 6.17. The second-order valence-corrected chi connectivity index (χ2v) is 13.3. The zero-order valence-corrected chi connectivity index (χ0v) is 28.2. The summed E-state index contributed by atoms with van der Waals surface area (Å²) in [6.07, 6.45) is 6.61. The molecule has 5 aromatic rings. The number of unbranched alkanes of at least 4 members (excludes halogenated alkanes) is 3. The van der Waals surface area contributed by atoms with Gasteiger partial charge in [-0.3, -0.25) is 14.4 Å². The van der Waals surface area contributed by atoms with Crippen LogP contribution in [0.2, 0.25) is 0 Å². The Labute approximate surface area is 283 Å². The first kappa shape index (κ1) is 33.2. The van der Waals surface area contributed by atoms with Gasteiger partial charge >= 0.3 is 11.9 Å². The highest BCUT2D eigenvalue weighted by Gasteiger charge is 2.33. The Morgan fingerprint density at radius 2 is 1.56 bits per heavy atom. The van der Waals surface area contributed by atoms with Crippen molar-refractivity contribution >= 4 is 50.9 Å². The van der Waals surface area contributed by atoms with Crippen LogP contribution in [0.25, 0.3) is 32.0 Å². The number of furan rings is 1. The zero-order chi connectivity index (χ0) is 33.6. The van der Waals surface area contributed by atoms with E-state index in [1.807, 2.05) is 38.1 Å². The summed E-state index contributed by atoms with van der Waals surface area (Å²) >= 11 is 1.30. The average Bonchev–Trinajstić information content (AvgIpc) is 3.73. The number of fused-ring (bicyclic) bond motifs is 2. The molecule has 48 heavy (non-hydrogen) atoms. The Bertz CT molecular complexity index is 1920. The first-order chi connectivity index (χ1) is 23.3. The lowest BCUT2D eigenvalue weighted by Crippen LogP contribution is -2.30. The van der Waals surface area contributed by atoms with Gasteiger partial charge in [0, 0.05) is 5.39 Å². The molecule has 0 aliphatic heterocycles. The molecule has 1 aliphatic rings. The van der Waals surface area contributed by atoms with E-state index in [0.29, 0.717) is 71.2 Å². The monoisotopic (exact) mass is 669 g/mol. The van der Waals surface area contributed by atoms with Gasteiger partial charge in [0.05, 0.1) is 18.4 Å². The van der Waals surface area contributed by atoms with Gasteiger partial charge in [0.1, 0.15) is 27.3 Å². The van der Waals surface area contributed by atoms with Crippen molar-refractivity contribution in [2.75, 3.05) is 6.61 Å². The molecule has 1 fully saturated rings. The topological polar surface area (TPSA) is 114 Å². The lowest BCUT2D eigenvalue weighted by atomic mass is 9.82.